The van der Waals surface area contributed by atoms with Crippen LogP contribution in [0.2, 0.25) is 0 Å². The van der Waals surface area contributed by atoms with Gasteiger partial charge in [-0.25, -0.2) is 9.97 Å². The highest BCUT2D eigenvalue weighted by Crippen LogP contribution is 2.44. The maximum absolute atomic E-state index is 9.25. The Bertz CT molecular complexity index is 1020. The minimum Gasteiger partial charge on any atom is -0.396 e. The predicted molar refractivity (Wildman–Crippen MR) is 123 cm³/mol. The lowest BCUT2D eigenvalue weighted by Gasteiger charge is -2.20. The van der Waals surface area contributed by atoms with Gasteiger partial charge < -0.3 is 15.7 Å². The highest BCUT2D eigenvalue weighted by Gasteiger charge is 2.29. The molecule has 0 saturated heterocycles. The number of rotatable bonds is 10. The van der Waals surface area contributed by atoms with Crippen LogP contribution in [-0.2, 0) is 0 Å². The lowest BCUT2D eigenvalue weighted by atomic mass is 10.1. The molecular formula is C22H30N6OS. The van der Waals surface area contributed by atoms with Crippen LogP contribution in [0.15, 0.2) is 12.3 Å². The molecule has 1 atom stereocenters. The highest BCUT2D eigenvalue weighted by molar-refractivity contribution is 7.21. The van der Waals surface area contributed by atoms with Crippen LogP contribution in [0.4, 0.5) is 11.8 Å². The van der Waals surface area contributed by atoms with E-state index >= 15 is 0 Å². The first kappa shape index (κ1) is 20.9. The van der Waals surface area contributed by atoms with E-state index in [-0.39, 0.29) is 12.6 Å². The Kier molecular flexibility index (Phi) is 6.43. The minimum atomic E-state index is 0.200. The van der Waals surface area contributed by atoms with Gasteiger partial charge in [0.25, 0.3) is 0 Å². The summed E-state index contributed by atoms with van der Waals surface area (Å²) in [6, 6.07) is 2.28. The van der Waals surface area contributed by atoms with Crippen LogP contribution in [0.3, 0.4) is 0 Å². The Morgan fingerprint density at radius 1 is 1.23 bits per heavy atom. The van der Waals surface area contributed by atoms with Crippen molar-refractivity contribution in [1.82, 2.24) is 19.9 Å². The van der Waals surface area contributed by atoms with Crippen LogP contribution >= 0.6 is 11.3 Å². The minimum absolute atomic E-state index is 0.200. The molecule has 8 heteroatoms. The topological polar surface area (TPSA) is 95.9 Å². The molecule has 1 unspecified atom stereocenters. The van der Waals surface area contributed by atoms with E-state index in [1.807, 2.05) is 20.0 Å². The molecule has 7 nitrogen and oxygen atoms in total. The first-order chi connectivity index (χ1) is 14.6. The number of aliphatic hydroxyl groups is 1. The second-order valence-electron chi connectivity index (χ2n) is 7.84. The zero-order valence-corrected chi connectivity index (χ0v) is 18.7. The molecule has 0 aliphatic heterocycles. The number of fused-ring (bicyclic) bond motifs is 1. The van der Waals surface area contributed by atoms with Gasteiger partial charge >= 0.3 is 0 Å². The molecule has 1 aliphatic carbocycles. The third kappa shape index (κ3) is 4.39. The van der Waals surface area contributed by atoms with Crippen molar-refractivity contribution in [2.75, 3.05) is 23.8 Å². The first-order valence-corrected chi connectivity index (χ1v) is 11.7. The Balaban J connectivity index is 1.78. The van der Waals surface area contributed by atoms with Gasteiger partial charge in [-0.1, -0.05) is 6.92 Å². The van der Waals surface area contributed by atoms with Crippen molar-refractivity contribution >= 4 is 33.3 Å². The Morgan fingerprint density at radius 2 is 2.07 bits per heavy atom. The van der Waals surface area contributed by atoms with E-state index in [2.05, 4.69) is 33.6 Å². The van der Waals surface area contributed by atoms with Crippen molar-refractivity contribution in [3.63, 3.8) is 0 Å². The zero-order valence-electron chi connectivity index (χ0n) is 17.9. The molecule has 1 aliphatic rings. The molecule has 30 heavy (non-hydrogen) atoms. The number of aryl methyl sites for hydroxylation is 1. The van der Waals surface area contributed by atoms with Gasteiger partial charge in [-0.15, -0.1) is 11.3 Å². The predicted octanol–water partition coefficient (Wildman–Crippen LogP) is 4.73. The third-order valence-electron chi connectivity index (χ3n) is 5.48. The van der Waals surface area contributed by atoms with Gasteiger partial charge in [0, 0.05) is 31.3 Å². The van der Waals surface area contributed by atoms with E-state index < -0.39 is 0 Å². The van der Waals surface area contributed by atoms with Crippen molar-refractivity contribution in [2.24, 2.45) is 0 Å². The summed E-state index contributed by atoms with van der Waals surface area (Å²) >= 11 is 1.68. The van der Waals surface area contributed by atoms with E-state index in [1.165, 1.54) is 12.8 Å². The summed E-state index contributed by atoms with van der Waals surface area (Å²) in [5.41, 5.74) is 4.01. The molecule has 3 aromatic heterocycles. The van der Waals surface area contributed by atoms with E-state index in [0.29, 0.717) is 11.9 Å². The van der Waals surface area contributed by atoms with Gasteiger partial charge in [-0.3, -0.25) is 4.98 Å². The van der Waals surface area contributed by atoms with Crippen LogP contribution in [0.5, 0.6) is 0 Å². The third-order valence-corrected chi connectivity index (χ3v) is 6.52. The van der Waals surface area contributed by atoms with Crippen molar-refractivity contribution in [2.45, 2.75) is 64.8 Å². The second-order valence-corrected chi connectivity index (χ2v) is 8.87. The summed E-state index contributed by atoms with van der Waals surface area (Å²) in [4.78, 5) is 19.1. The van der Waals surface area contributed by atoms with E-state index in [0.717, 1.165) is 63.8 Å². The molecule has 1 saturated carbocycles. The Hall–Kier alpha value is -2.32. The molecule has 3 N–H and O–H groups in total. The van der Waals surface area contributed by atoms with E-state index in [4.69, 9.17) is 9.97 Å². The Labute approximate surface area is 181 Å². The monoisotopic (exact) mass is 426 g/mol. The Morgan fingerprint density at radius 3 is 2.77 bits per heavy atom. The lowest BCUT2D eigenvalue weighted by molar-refractivity contribution is 0.280. The number of nitrogens with zero attached hydrogens (tertiary/aromatic N) is 4. The van der Waals surface area contributed by atoms with E-state index in [9.17, 15) is 5.11 Å². The molecule has 3 aromatic rings. The average Bonchev–Trinajstić information content (AvgIpc) is 3.49. The summed E-state index contributed by atoms with van der Waals surface area (Å²) in [5, 5.41) is 17.0. The number of anilines is 2. The van der Waals surface area contributed by atoms with Crippen molar-refractivity contribution < 1.29 is 5.11 Å². The molecule has 0 aromatic carbocycles. The molecule has 160 valence electrons. The summed E-state index contributed by atoms with van der Waals surface area (Å²) in [6.45, 7) is 7.17. The van der Waals surface area contributed by atoms with Gasteiger partial charge in [-0.05, 0) is 52.0 Å². The molecule has 3 heterocycles. The molecular weight excluding hydrogens is 396 g/mol. The quantitative estimate of drug-likeness (QED) is 0.431. The van der Waals surface area contributed by atoms with Gasteiger partial charge in [0.05, 0.1) is 21.7 Å². The first-order valence-electron chi connectivity index (χ1n) is 10.9. The lowest BCUT2D eigenvalue weighted by Crippen LogP contribution is -2.21. The number of hydrogen-bond donors (Lipinski definition) is 3. The molecule has 1 fully saturated rings. The van der Waals surface area contributed by atoms with Crippen LogP contribution < -0.4 is 10.6 Å². The number of aliphatic hydroxyl groups excluding tert-OH is 1. The number of pyridine rings is 1. The van der Waals surface area contributed by atoms with Gasteiger partial charge in [0.1, 0.15) is 16.3 Å². The number of aromatic nitrogens is 4. The fourth-order valence-electron chi connectivity index (χ4n) is 3.72. The van der Waals surface area contributed by atoms with Gasteiger partial charge in [0.15, 0.2) is 0 Å². The standard InChI is InChI=1S/C22H30N6OS/c1-4-15(7-6-12-29)26-20-17(13(3)25-22(28-20)23-5-2)21-27-19-16(30-21)10-11-24-18(19)14-8-9-14/h10-11,14-15,29H,4-9,12H2,1-3H3,(H2,23,25,26,28). The van der Waals surface area contributed by atoms with Crippen LogP contribution in [0, 0.1) is 6.92 Å². The summed E-state index contributed by atoms with van der Waals surface area (Å²) < 4.78 is 1.16. The SMILES string of the molecule is CCNc1nc(C)c(-c2nc3c(C4CC4)nccc3s2)c(NC(CC)CCCO)n1. The number of nitrogens with one attached hydrogen (secondary N) is 2. The maximum Gasteiger partial charge on any atom is 0.224 e. The van der Waals surface area contributed by atoms with Crippen LogP contribution in [0.25, 0.3) is 20.8 Å². The summed E-state index contributed by atoms with van der Waals surface area (Å²) in [6.07, 6.45) is 6.91. The fraction of sp³-hybridized carbons (Fsp3) is 0.545. The molecule has 0 amide bonds. The van der Waals surface area contributed by atoms with Crippen molar-refractivity contribution in [1.29, 1.82) is 0 Å². The van der Waals surface area contributed by atoms with Crippen molar-refractivity contribution in [3.05, 3.63) is 23.7 Å². The zero-order chi connectivity index (χ0) is 21.1. The number of thiazole rings is 1. The summed E-state index contributed by atoms with van der Waals surface area (Å²) in [5.74, 6) is 1.99. The maximum atomic E-state index is 9.25. The van der Waals surface area contributed by atoms with Gasteiger partial charge in [-0.2, -0.15) is 4.98 Å². The summed E-state index contributed by atoms with van der Waals surface area (Å²) in [7, 11) is 0. The smallest absolute Gasteiger partial charge is 0.224 e. The highest BCUT2D eigenvalue weighted by atomic mass is 32.1. The fourth-order valence-corrected chi connectivity index (χ4v) is 4.78. The van der Waals surface area contributed by atoms with Crippen LogP contribution in [-0.4, -0.2) is 44.2 Å². The normalized spacial score (nSPS) is 14.8. The molecule has 0 bridgehead atoms. The van der Waals surface area contributed by atoms with Crippen LogP contribution in [0.1, 0.15) is 63.3 Å². The molecule has 0 spiro atoms. The van der Waals surface area contributed by atoms with Gasteiger partial charge in [0.2, 0.25) is 5.95 Å². The molecule has 0 radical (unpaired) electrons. The largest absolute Gasteiger partial charge is 0.396 e. The average molecular weight is 427 g/mol. The number of hydrogen-bond acceptors (Lipinski definition) is 8. The molecule has 4 rings (SSSR count). The van der Waals surface area contributed by atoms with Crippen molar-refractivity contribution in [3.8, 4) is 10.6 Å². The van der Waals surface area contributed by atoms with E-state index in [1.54, 1.807) is 11.3 Å². The second kappa shape index (κ2) is 9.22.